The van der Waals surface area contributed by atoms with Crippen LogP contribution in [0, 0.1) is 0 Å². The molecular weight excluding hydrogens is 254 g/mol. The molecule has 0 unspecified atom stereocenters. The summed E-state index contributed by atoms with van der Waals surface area (Å²) in [6, 6.07) is 3.91. The van der Waals surface area contributed by atoms with Crippen molar-refractivity contribution < 1.29 is 5.11 Å². The van der Waals surface area contributed by atoms with Crippen LogP contribution in [0.15, 0.2) is 16.6 Å². The van der Waals surface area contributed by atoms with Crippen molar-refractivity contribution in [1.29, 1.82) is 0 Å². The van der Waals surface area contributed by atoms with Gasteiger partial charge >= 0.3 is 0 Å². The highest BCUT2D eigenvalue weighted by Crippen LogP contribution is 2.38. The summed E-state index contributed by atoms with van der Waals surface area (Å²) in [5, 5.41) is 9.56. The van der Waals surface area contributed by atoms with E-state index in [1.807, 2.05) is 12.1 Å². The molecule has 1 saturated carbocycles. The van der Waals surface area contributed by atoms with Gasteiger partial charge in [0.2, 0.25) is 0 Å². The summed E-state index contributed by atoms with van der Waals surface area (Å²) in [6.07, 6.45) is 6.46. The zero-order valence-corrected chi connectivity index (χ0v) is 10.3. The van der Waals surface area contributed by atoms with E-state index in [1.165, 1.54) is 37.7 Å². The monoisotopic (exact) mass is 269 g/mol. The van der Waals surface area contributed by atoms with Crippen LogP contribution in [0.5, 0.6) is 5.75 Å². The second-order valence-electron chi connectivity index (χ2n) is 4.28. The minimum absolute atomic E-state index is 0.162. The third kappa shape index (κ3) is 2.28. The Kier molecular flexibility index (Phi) is 3.19. The van der Waals surface area contributed by atoms with E-state index in [2.05, 4.69) is 15.9 Å². The Hall–Kier alpha value is -0.700. The van der Waals surface area contributed by atoms with Crippen LogP contribution >= 0.6 is 15.9 Å². The number of benzene rings is 1. The van der Waals surface area contributed by atoms with Crippen LogP contribution in [0.3, 0.4) is 0 Å². The molecular formula is C12H16BrNO. The van der Waals surface area contributed by atoms with Gasteiger partial charge in [-0.1, -0.05) is 19.3 Å². The summed E-state index contributed by atoms with van der Waals surface area (Å²) in [7, 11) is 0. The number of hydrogen-bond donors (Lipinski definition) is 2. The summed E-state index contributed by atoms with van der Waals surface area (Å²) in [4.78, 5) is 0. The van der Waals surface area contributed by atoms with Gasteiger partial charge in [-0.25, -0.2) is 0 Å². The van der Waals surface area contributed by atoms with E-state index >= 15 is 0 Å². The molecule has 0 atom stereocenters. The third-order valence-electron chi connectivity index (χ3n) is 3.19. The fourth-order valence-electron chi connectivity index (χ4n) is 2.31. The summed E-state index contributed by atoms with van der Waals surface area (Å²) in [5.74, 6) is 0.785. The lowest BCUT2D eigenvalue weighted by Gasteiger charge is -2.22. The molecule has 1 aliphatic carbocycles. The van der Waals surface area contributed by atoms with Gasteiger partial charge in [-0.3, -0.25) is 0 Å². The smallest absolute Gasteiger partial charge is 0.152 e. The fourth-order valence-corrected chi connectivity index (χ4v) is 2.81. The van der Waals surface area contributed by atoms with E-state index in [4.69, 9.17) is 5.73 Å². The van der Waals surface area contributed by atoms with Gasteiger partial charge in [-0.05, 0) is 52.4 Å². The number of nitrogen functional groups attached to an aromatic ring is 1. The predicted octanol–water partition coefficient (Wildman–Crippen LogP) is 3.78. The second-order valence-corrected chi connectivity index (χ2v) is 5.13. The first-order valence-electron chi connectivity index (χ1n) is 5.46. The number of aromatic hydroxyl groups is 1. The maximum Gasteiger partial charge on any atom is 0.152 e. The molecule has 0 amide bonds. The maximum absolute atomic E-state index is 9.56. The summed E-state index contributed by atoms with van der Waals surface area (Å²) >= 11 is 3.33. The second kappa shape index (κ2) is 4.44. The number of halogens is 1. The fraction of sp³-hybridized carbons (Fsp3) is 0.500. The zero-order valence-electron chi connectivity index (χ0n) is 8.67. The molecule has 1 aliphatic rings. The van der Waals surface area contributed by atoms with E-state index < -0.39 is 0 Å². The lowest BCUT2D eigenvalue weighted by atomic mass is 9.84. The average molecular weight is 270 g/mol. The first kappa shape index (κ1) is 10.8. The minimum atomic E-state index is 0.162. The molecule has 82 valence electrons. The molecule has 2 rings (SSSR count). The summed E-state index contributed by atoms with van der Waals surface area (Å²) < 4.78 is 0.711. The number of phenols is 1. The van der Waals surface area contributed by atoms with Crippen LogP contribution in [-0.2, 0) is 0 Å². The van der Waals surface area contributed by atoms with Gasteiger partial charge in [0, 0.05) is 0 Å². The summed E-state index contributed by atoms with van der Waals surface area (Å²) in [5.41, 5.74) is 7.49. The Morgan fingerprint density at radius 1 is 1.20 bits per heavy atom. The lowest BCUT2D eigenvalue weighted by molar-refractivity contribution is 0.441. The number of nitrogens with two attached hydrogens (primary N) is 1. The number of phenolic OH excluding ortho intramolecular Hbond substituents is 1. The molecule has 15 heavy (non-hydrogen) atoms. The Labute approximate surface area is 98.6 Å². The van der Waals surface area contributed by atoms with Crippen molar-refractivity contribution in [2.75, 3.05) is 5.73 Å². The molecule has 2 nitrogen and oxygen atoms in total. The van der Waals surface area contributed by atoms with Crippen LogP contribution in [0.1, 0.15) is 43.6 Å². The van der Waals surface area contributed by atoms with E-state index in [0.717, 1.165) is 0 Å². The van der Waals surface area contributed by atoms with Crippen molar-refractivity contribution >= 4 is 21.6 Å². The zero-order chi connectivity index (χ0) is 10.8. The molecule has 0 saturated heterocycles. The Morgan fingerprint density at radius 2 is 1.87 bits per heavy atom. The van der Waals surface area contributed by atoms with Crippen molar-refractivity contribution in [3.63, 3.8) is 0 Å². The molecule has 1 fully saturated rings. The number of anilines is 1. The van der Waals surface area contributed by atoms with Crippen molar-refractivity contribution in [3.8, 4) is 5.75 Å². The highest BCUT2D eigenvalue weighted by atomic mass is 79.9. The first-order chi connectivity index (χ1) is 7.18. The molecule has 0 aromatic heterocycles. The van der Waals surface area contributed by atoms with Crippen molar-refractivity contribution in [3.05, 3.63) is 22.2 Å². The van der Waals surface area contributed by atoms with Crippen LogP contribution in [-0.4, -0.2) is 5.11 Å². The Morgan fingerprint density at radius 3 is 2.47 bits per heavy atom. The van der Waals surface area contributed by atoms with Gasteiger partial charge in [0.25, 0.3) is 0 Å². The van der Waals surface area contributed by atoms with Crippen molar-refractivity contribution in [2.24, 2.45) is 0 Å². The topological polar surface area (TPSA) is 46.2 Å². The predicted molar refractivity (Wildman–Crippen MR) is 66.0 cm³/mol. The Balaban J connectivity index is 2.27. The summed E-state index contributed by atoms with van der Waals surface area (Å²) in [6.45, 7) is 0. The number of rotatable bonds is 1. The minimum Gasteiger partial charge on any atom is -0.505 e. The third-order valence-corrected chi connectivity index (χ3v) is 3.80. The lowest BCUT2D eigenvalue weighted by Crippen LogP contribution is -2.05. The molecule has 3 heteroatoms. The molecule has 3 N–H and O–H groups in total. The molecule has 0 radical (unpaired) electrons. The molecule has 0 bridgehead atoms. The van der Waals surface area contributed by atoms with Gasteiger partial charge < -0.3 is 10.8 Å². The average Bonchev–Trinajstić information content (AvgIpc) is 2.26. The van der Waals surface area contributed by atoms with E-state index in [0.29, 0.717) is 16.1 Å². The van der Waals surface area contributed by atoms with Crippen LogP contribution in [0.25, 0.3) is 0 Å². The molecule has 1 aromatic carbocycles. The molecule has 0 heterocycles. The van der Waals surface area contributed by atoms with E-state index in [1.54, 1.807) is 0 Å². The van der Waals surface area contributed by atoms with Gasteiger partial charge in [-0.15, -0.1) is 0 Å². The van der Waals surface area contributed by atoms with Gasteiger partial charge in [0.1, 0.15) is 0 Å². The highest BCUT2D eigenvalue weighted by Gasteiger charge is 2.17. The normalized spacial score (nSPS) is 17.9. The quantitative estimate of drug-likeness (QED) is 0.602. The highest BCUT2D eigenvalue weighted by molar-refractivity contribution is 9.10. The largest absolute Gasteiger partial charge is 0.505 e. The molecule has 0 spiro atoms. The maximum atomic E-state index is 9.56. The first-order valence-corrected chi connectivity index (χ1v) is 6.25. The Bertz CT molecular complexity index is 336. The standard InChI is InChI=1S/C12H16BrNO/c13-10-6-9(7-11(14)12(10)15)8-4-2-1-3-5-8/h6-8,15H,1-5,14H2. The van der Waals surface area contributed by atoms with Gasteiger partial charge in [-0.2, -0.15) is 0 Å². The van der Waals surface area contributed by atoms with Gasteiger partial charge in [0.05, 0.1) is 10.2 Å². The van der Waals surface area contributed by atoms with Crippen molar-refractivity contribution in [2.45, 2.75) is 38.0 Å². The SMILES string of the molecule is Nc1cc(C2CCCCC2)cc(Br)c1O. The van der Waals surface area contributed by atoms with Crippen LogP contribution < -0.4 is 5.73 Å². The van der Waals surface area contributed by atoms with Crippen LogP contribution in [0.2, 0.25) is 0 Å². The van der Waals surface area contributed by atoms with E-state index in [9.17, 15) is 5.11 Å². The van der Waals surface area contributed by atoms with Crippen LogP contribution in [0.4, 0.5) is 5.69 Å². The number of hydrogen-bond acceptors (Lipinski definition) is 2. The van der Waals surface area contributed by atoms with Crippen molar-refractivity contribution in [1.82, 2.24) is 0 Å². The van der Waals surface area contributed by atoms with E-state index in [-0.39, 0.29) is 5.75 Å². The molecule has 0 aliphatic heterocycles. The molecule has 1 aromatic rings. The van der Waals surface area contributed by atoms with Gasteiger partial charge in [0.15, 0.2) is 5.75 Å².